The zero-order chi connectivity index (χ0) is 36.2. The van der Waals surface area contributed by atoms with Crippen molar-refractivity contribution < 1.29 is 0 Å². The highest BCUT2D eigenvalue weighted by Gasteiger charge is 2.33. The number of aromatic nitrogens is 4. The summed E-state index contributed by atoms with van der Waals surface area (Å²) in [5.41, 5.74) is 19.8. The summed E-state index contributed by atoms with van der Waals surface area (Å²) in [5, 5.41) is 17.9. The molecule has 0 unspecified atom stereocenters. The van der Waals surface area contributed by atoms with E-state index in [1.54, 1.807) is 0 Å². The molecule has 54 heavy (non-hydrogen) atoms. The lowest BCUT2D eigenvalue weighted by Crippen LogP contribution is -2.21. The topological polar surface area (TPSA) is 71.5 Å². The predicted octanol–water partition coefficient (Wildman–Crippen LogP) is 10.4. The van der Waals surface area contributed by atoms with E-state index in [4.69, 9.17) is 4.98 Å². The fourth-order valence-corrected chi connectivity index (χ4v) is 9.43. The zero-order valence-corrected chi connectivity index (χ0v) is 30.4. The number of nitrogens with zero attached hydrogens (tertiary/aromatic N) is 4. The van der Waals surface area contributed by atoms with Gasteiger partial charge in [0.1, 0.15) is 11.7 Å². The summed E-state index contributed by atoms with van der Waals surface area (Å²) in [6, 6.07) is 26.9. The number of pyridine rings is 2. The Morgan fingerprint density at radius 3 is 2.19 bits per heavy atom. The zero-order valence-electron chi connectivity index (χ0n) is 30.4. The first-order chi connectivity index (χ1) is 26.5. The lowest BCUT2D eigenvalue weighted by atomic mass is 9.74. The van der Waals surface area contributed by atoms with Gasteiger partial charge in [0.15, 0.2) is 0 Å². The molecule has 6 nitrogen and oxygen atoms in total. The average Bonchev–Trinajstić information content (AvgIpc) is 3.68. The number of hydrogen-bond acceptors (Lipinski definition) is 4. The first-order valence-electron chi connectivity index (χ1n) is 18.9. The van der Waals surface area contributed by atoms with Crippen molar-refractivity contribution in [1.29, 1.82) is 5.41 Å². The molecular weight excluding hydrogens is 661 g/mol. The molecule has 0 atom stereocenters. The van der Waals surface area contributed by atoms with Gasteiger partial charge in [0.25, 0.3) is 0 Å². The minimum atomic E-state index is 0.463. The molecule has 0 radical (unpaired) electrons. The molecule has 1 aliphatic heterocycles. The summed E-state index contributed by atoms with van der Waals surface area (Å²) in [6.07, 6.45) is 15.5. The maximum atomic E-state index is 9.49. The molecule has 11 rings (SSSR count). The molecule has 2 aliphatic carbocycles. The second-order valence-corrected chi connectivity index (χ2v) is 15.1. The van der Waals surface area contributed by atoms with Crippen LogP contribution in [0.4, 0.5) is 0 Å². The number of rotatable bonds is 5. The van der Waals surface area contributed by atoms with Crippen molar-refractivity contribution in [2.75, 3.05) is 6.54 Å². The minimum absolute atomic E-state index is 0.463. The van der Waals surface area contributed by atoms with Crippen molar-refractivity contribution >= 4 is 55.1 Å². The summed E-state index contributed by atoms with van der Waals surface area (Å²) >= 11 is 0. The third-order valence-electron chi connectivity index (χ3n) is 12.0. The van der Waals surface area contributed by atoms with E-state index < -0.39 is 0 Å². The molecule has 3 aliphatic rings. The highest BCUT2D eigenvalue weighted by Crippen LogP contribution is 2.51. The summed E-state index contributed by atoms with van der Waals surface area (Å²) < 4.78 is 4.61. The lowest BCUT2D eigenvalue weighted by molar-refractivity contribution is 0.883. The van der Waals surface area contributed by atoms with Gasteiger partial charge in [-0.05, 0) is 162 Å². The highest BCUT2D eigenvalue weighted by molar-refractivity contribution is 6.20. The van der Waals surface area contributed by atoms with Gasteiger partial charge in [0.05, 0.1) is 22.1 Å². The number of allylic oxidation sites excluding steroid dienone is 3. The molecule has 0 fully saturated rings. The fourth-order valence-electron chi connectivity index (χ4n) is 9.43. The molecule has 260 valence electrons. The van der Waals surface area contributed by atoms with Gasteiger partial charge in [0, 0.05) is 57.9 Å². The van der Waals surface area contributed by atoms with E-state index in [1.807, 2.05) is 43.7 Å². The van der Waals surface area contributed by atoms with Crippen LogP contribution < -0.4 is 5.32 Å². The third-order valence-corrected chi connectivity index (χ3v) is 12.0. The molecule has 0 bridgehead atoms. The van der Waals surface area contributed by atoms with Crippen LogP contribution in [0.5, 0.6) is 0 Å². The molecule has 0 saturated carbocycles. The van der Waals surface area contributed by atoms with E-state index in [0.717, 1.165) is 65.8 Å². The van der Waals surface area contributed by atoms with Gasteiger partial charge in [-0.1, -0.05) is 30.9 Å². The Labute approximate surface area is 313 Å². The number of fused-ring (bicyclic) bond motifs is 8. The van der Waals surface area contributed by atoms with Crippen LogP contribution >= 0.6 is 0 Å². The van der Waals surface area contributed by atoms with Gasteiger partial charge in [-0.2, -0.15) is 0 Å². The van der Waals surface area contributed by atoms with Gasteiger partial charge >= 0.3 is 0 Å². The normalized spacial score (nSPS) is 14.6. The first kappa shape index (κ1) is 31.0. The van der Waals surface area contributed by atoms with Crippen molar-refractivity contribution in [2.45, 2.75) is 39.5 Å². The Kier molecular flexibility index (Phi) is 6.60. The largest absolute Gasteiger partial charge is 0.381 e. The van der Waals surface area contributed by atoms with Crippen LogP contribution in [0.2, 0.25) is 0 Å². The van der Waals surface area contributed by atoms with Crippen LogP contribution in [-0.4, -0.2) is 31.5 Å². The highest BCUT2D eigenvalue weighted by atomic mass is 15.1. The van der Waals surface area contributed by atoms with Gasteiger partial charge in [-0.3, -0.25) is 19.5 Å². The SMILES string of the molecule is C=C/C(C)=C\C(=N)n1c2ccc(C3=CCN3)cc2c2cc3c4c(c21)CCc1cc2c5cc(-c6cccnc6)ccc5n(-c5cc(C)ccn5)c2c(c1-4)CC3. The van der Waals surface area contributed by atoms with E-state index in [1.165, 1.54) is 82.8 Å². The van der Waals surface area contributed by atoms with Crippen LogP contribution in [0.15, 0.2) is 122 Å². The maximum Gasteiger partial charge on any atom is 0.137 e. The molecule has 2 N–H and O–H groups in total. The van der Waals surface area contributed by atoms with Crippen molar-refractivity contribution in [3.05, 3.63) is 155 Å². The van der Waals surface area contributed by atoms with Gasteiger partial charge < -0.3 is 5.32 Å². The molecule has 0 saturated heterocycles. The molecular formula is C48H38N6. The van der Waals surface area contributed by atoms with E-state index >= 15 is 0 Å². The molecule has 0 amide bonds. The number of benzene rings is 4. The Morgan fingerprint density at radius 1 is 0.778 bits per heavy atom. The Morgan fingerprint density at radius 2 is 1.48 bits per heavy atom. The maximum absolute atomic E-state index is 9.49. The van der Waals surface area contributed by atoms with Crippen molar-refractivity contribution in [1.82, 2.24) is 24.4 Å². The minimum Gasteiger partial charge on any atom is -0.381 e. The summed E-state index contributed by atoms with van der Waals surface area (Å²) in [4.78, 5) is 9.40. The number of nitrogens with one attached hydrogen (secondary N) is 2. The summed E-state index contributed by atoms with van der Waals surface area (Å²) in [7, 11) is 0. The van der Waals surface area contributed by atoms with Crippen LogP contribution in [0.1, 0.15) is 40.3 Å². The lowest BCUT2D eigenvalue weighted by Gasteiger charge is -2.31. The van der Waals surface area contributed by atoms with Crippen LogP contribution in [-0.2, 0) is 25.7 Å². The first-order valence-corrected chi connectivity index (χ1v) is 18.9. The van der Waals surface area contributed by atoms with Crippen LogP contribution in [0.3, 0.4) is 0 Å². The summed E-state index contributed by atoms with van der Waals surface area (Å²) in [6.45, 7) is 9.05. The molecule has 0 spiro atoms. The average molecular weight is 699 g/mol. The Bertz CT molecular complexity index is 3040. The fraction of sp³-hybridized carbons (Fsp3) is 0.146. The van der Waals surface area contributed by atoms with Gasteiger partial charge in [-0.25, -0.2) is 4.98 Å². The molecule has 4 aromatic carbocycles. The van der Waals surface area contributed by atoms with Gasteiger partial charge in [-0.15, -0.1) is 0 Å². The van der Waals surface area contributed by atoms with Gasteiger partial charge in [0.2, 0.25) is 0 Å². The van der Waals surface area contributed by atoms with Crippen molar-refractivity contribution in [3.63, 3.8) is 0 Å². The van der Waals surface area contributed by atoms with Crippen molar-refractivity contribution in [2.24, 2.45) is 0 Å². The quantitative estimate of drug-likeness (QED) is 0.107. The Balaban J connectivity index is 1.23. The monoisotopic (exact) mass is 698 g/mol. The summed E-state index contributed by atoms with van der Waals surface area (Å²) in [5.74, 6) is 1.41. The molecule has 5 heterocycles. The predicted molar refractivity (Wildman–Crippen MR) is 223 cm³/mol. The smallest absolute Gasteiger partial charge is 0.137 e. The Hall–Kier alpha value is -6.53. The second kappa shape index (κ2) is 11.5. The van der Waals surface area contributed by atoms with E-state index in [-0.39, 0.29) is 0 Å². The van der Waals surface area contributed by atoms with E-state index in [2.05, 4.69) is 106 Å². The second-order valence-electron chi connectivity index (χ2n) is 15.1. The van der Waals surface area contributed by atoms with Crippen LogP contribution in [0, 0.1) is 12.3 Å². The number of hydrogen-bond donors (Lipinski definition) is 2. The molecule has 4 aromatic heterocycles. The van der Waals surface area contributed by atoms with E-state index in [0.29, 0.717) is 5.84 Å². The third kappa shape index (κ3) is 4.37. The number of aryl methyl sites for hydroxylation is 5. The van der Waals surface area contributed by atoms with Crippen LogP contribution in [0.25, 0.3) is 77.4 Å². The van der Waals surface area contributed by atoms with E-state index in [9.17, 15) is 5.41 Å². The van der Waals surface area contributed by atoms with Crippen molar-refractivity contribution in [3.8, 4) is 28.1 Å². The molecule has 8 aromatic rings. The molecule has 6 heteroatoms. The standard InChI is InChI=1S/C48H38N6/c1-4-27(2)20-43(49)53-41-14-10-30(40-16-19-51-40)23-37(41)38-24-31-8-12-35-46-32(7-11-34(45(31)46)47(38)53)25-39-36-22-29(33-6-5-17-50-26-33)9-13-42(36)54(48(35)39)44-21-28(3)15-18-52-44/h4-6,9-10,13-18,20-26,49,51H,1,7-8,11-12,19H2,2-3H3/b27-20-,49-43?.